The summed E-state index contributed by atoms with van der Waals surface area (Å²) >= 11 is 0. The fourth-order valence-electron chi connectivity index (χ4n) is 1.86. The average molecular weight is 243 g/mol. The highest BCUT2D eigenvalue weighted by Crippen LogP contribution is 2.19. The molecule has 0 saturated carbocycles. The number of hydrazine groups is 1. The van der Waals surface area contributed by atoms with Crippen molar-refractivity contribution in [3.63, 3.8) is 0 Å². The maximum Gasteiger partial charge on any atom is 0.146 e. The molecule has 0 saturated heterocycles. The van der Waals surface area contributed by atoms with Crippen molar-refractivity contribution >= 4 is 5.82 Å². The van der Waals surface area contributed by atoms with Gasteiger partial charge in [-0.1, -0.05) is 12.1 Å². The van der Waals surface area contributed by atoms with E-state index in [1.165, 1.54) is 11.1 Å². The Hall–Kier alpha value is -2.07. The standard InChI is InChI=1S/C14H17N3O/c1-10-6-11(2)8-13(7-10)18-9-12-4-3-5-16-14(12)17-15/h3-8H,9,15H2,1-2H3,(H,16,17). The fraction of sp³-hybridized carbons (Fsp3) is 0.214. The highest BCUT2D eigenvalue weighted by atomic mass is 16.5. The van der Waals surface area contributed by atoms with E-state index < -0.39 is 0 Å². The smallest absolute Gasteiger partial charge is 0.146 e. The third kappa shape index (κ3) is 2.99. The molecule has 1 aromatic carbocycles. The molecule has 2 rings (SSSR count). The molecule has 0 spiro atoms. The largest absolute Gasteiger partial charge is 0.489 e. The van der Waals surface area contributed by atoms with Crippen LogP contribution in [0, 0.1) is 13.8 Å². The van der Waals surface area contributed by atoms with Crippen molar-refractivity contribution in [2.75, 3.05) is 5.43 Å². The van der Waals surface area contributed by atoms with Crippen molar-refractivity contribution in [3.05, 3.63) is 53.2 Å². The molecule has 0 fully saturated rings. The van der Waals surface area contributed by atoms with Crippen LogP contribution in [0.3, 0.4) is 0 Å². The number of nitrogen functional groups attached to an aromatic ring is 1. The Morgan fingerprint density at radius 1 is 1.22 bits per heavy atom. The zero-order valence-corrected chi connectivity index (χ0v) is 10.6. The quantitative estimate of drug-likeness (QED) is 0.640. The molecule has 0 bridgehead atoms. The minimum Gasteiger partial charge on any atom is -0.489 e. The first-order valence-electron chi connectivity index (χ1n) is 5.80. The van der Waals surface area contributed by atoms with E-state index in [1.807, 2.05) is 24.3 Å². The van der Waals surface area contributed by atoms with Crippen LogP contribution in [0.1, 0.15) is 16.7 Å². The molecule has 0 unspecified atom stereocenters. The Kier molecular flexibility index (Phi) is 3.79. The van der Waals surface area contributed by atoms with Gasteiger partial charge in [-0.25, -0.2) is 10.8 Å². The summed E-state index contributed by atoms with van der Waals surface area (Å²) in [4.78, 5) is 4.13. The maximum atomic E-state index is 5.76. The van der Waals surface area contributed by atoms with Gasteiger partial charge in [-0.3, -0.25) is 0 Å². The van der Waals surface area contributed by atoms with E-state index >= 15 is 0 Å². The van der Waals surface area contributed by atoms with Gasteiger partial charge in [0.25, 0.3) is 0 Å². The molecule has 3 N–H and O–H groups in total. The Bertz CT molecular complexity index is 520. The van der Waals surface area contributed by atoms with E-state index in [4.69, 9.17) is 10.6 Å². The molecule has 0 amide bonds. The van der Waals surface area contributed by atoms with E-state index in [9.17, 15) is 0 Å². The number of hydrogen-bond donors (Lipinski definition) is 2. The molecule has 1 heterocycles. The number of nitrogens with zero attached hydrogens (tertiary/aromatic N) is 1. The second-order valence-corrected chi connectivity index (χ2v) is 4.27. The van der Waals surface area contributed by atoms with E-state index in [0.29, 0.717) is 12.4 Å². The molecular formula is C14H17N3O. The van der Waals surface area contributed by atoms with Crippen LogP contribution in [0.2, 0.25) is 0 Å². The first kappa shape index (κ1) is 12.4. The lowest BCUT2D eigenvalue weighted by atomic mass is 10.1. The molecule has 18 heavy (non-hydrogen) atoms. The van der Waals surface area contributed by atoms with Gasteiger partial charge < -0.3 is 10.2 Å². The predicted octanol–water partition coefficient (Wildman–Crippen LogP) is 2.56. The second-order valence-electron chi connectivity index (χ2n) is 4.27. The summed E-state index contributed by atoms with van der Waals surface area (Å²) in [6.07, 6.45) is 1.69. The maximum absolute atomic E-state index is 5.76. The Morgan fingerprint density at radius 2 is 1.94 bits per heavy atom. The summed E-state index contributed by atoms with van der Waals surface area (Å²) in [6, 6.07) is 9.94. The highest BCUT2D eigenvalue weighted by Gasteiger charge is 2.03. The molecular weight excluding hydrogens is 226 g/mol. The molecule has 94 valence electrons. The van der Waals surface area contributed by atoms with Crippen LogP contribution in [0.4, 0.5) is 5.82 Å². The number of aryl methyl sites for hydroxylation is 2. The van der Waals surface area contributed by atoms with Crippen LogP contribution in [-0.2, 0) is 6.61 Å². The molecule has 1 aromatic heterocycles. The minimum atomic E-state index is 0.441. The minimum absolute atomic E-state index is 0.441. The third-order valence-corrected chi connectivity index (χ3v) is 2.62. The average Bonchev–Trinajstić information content (AvgIpc) is 2.35. The Labute approximate surface area is 107 Å². The number of aromatic nitrogens is 1. The molecule has 2 aromatic rings. The summed E-state index contributed by atoms with van der Waals surface area (Å²) < 4.78 is 5.76. The lowest BCUT2D eigenvalue weighted by Gasteiger charge is -2.10. The SMILES string of the molecule is Cc1cc(C)cc(OCc2cccnc2NN)c1. The van der Waals surface area contributed by atoms with Crippen LogP contribution in [0.25, 0.3) is 0 Å². The molecule has 0 aliphatic heterocycles. The number of pyridine rings is 1. The van der Waals surface area contributed by atoms with Gasteiger partial charge in [0.1, 0.15) is 18.2 Å². The summed E-state index contributed by atoms with van der Waals surface area (Å²) in [5, 5.41) is 0. The monoisotopic (exact) mass is 243 g/mol. The number of rotatable bonds is 4. The van der Waals surface area contributed by atoms with E-state index in [2.05, 4.69) is 30.3 Å². The zero-order chi connectivity index (χ0) is 13.0. The van der Waals surface area contributed by atoms with Crippen molar-refractivity contribution in [3.8, 4) is 5.75 Å². The second kappa shape index (κ2) is 5.51. The third-order valence-electron chi connectivity index (χ3n) is 2.62. The van der Waals surface area contributed by atoms with E-state index in [0.717, 1.165) is 11.3 Å². The highest BCUT2D eigenvalue weighted by molar-refractivity contribution is 5.42. The van der Waals surface area contributed by atoms with Gasteiger partial charge in [0.15, 0.2) is 0 Å². The van der Waals surface area contributed by atoms with E-state index in [1.54, 1.807) is 6.20 Å². The van der Waals surface area contributed by atoms with Crippen molar-refractivity contribution < 1.29 is 4.74 Å². The van der Waals surface area contributed by atoms with Crippen LogP contribution in [-0.4, -0.2) is 4.98 Å². The number of anilines is 1. The zero-order valence-electron chi connectivity index (χ0n) is 10.6. The van der Waals surface area contributed by atoms with Crippen molar-refractivity contribution in [2.45, 2.75) is 20.5 Å². The summed E-state index contributed by atoms with van der Waals surface area (Å²) in [7, 11) is 0. The Balaban J connectivity index is 2.11. The molecule has 0 aliphatic carbocycles. The van der Waals surface area contributed by atoms with Gasteiger partial charge in [0.2, 0.25) is 0 Å². The van der Waals surface area contributed by atoms with Gasteiger partial charge >= 0.3 is 0 Å². The normalized spacial score (nSPS) is 10.2. The molecule has 4 nitrogen and oxygen atoms in total. The number of nitrogens with two attached hydrogens (primary N) is 1. The predicted molar refractivity (Wildman–Crippen MR) is 72.3 cm³/mol. The van der Waals surface area contributed by atoms with E-state index in [-0.39, 0.29) is 0 Å². The summed E-state index contributed by atoms with van der Waals surface area (Å²) in [5.74, 6) is 6.90. The van der Waals surface area contributed by atoms with Gasteiger partial charge in [0, 0.05) is 11.8 Å². The number of nitrogens with one attached hydrogen (secondary N) is 1. The molecule has 0 atom stereocenters. The summed E-state index contributed by atoms with van der Waals surface area (Å²) in [6.45, 7) is 4.55. The van der Waals surface area contributed by atoms with Gasteiger partial charge in [0.05, 0.1) is 0 Å². The van der Waals surface area contributed by atoms with Crippen LogP contribution < -0.4 is 16.0 Å². The van der Waals surface area contributed by atoms with Gasteiger partial charge in [-0.15, -0.1) is 0 Å². The van der Waals surface area contributed by atoms with Crippen LogP contribution in [0.15, 0.2) is 36.5 Å². The number of benzene rings is 1. The van der Waals surface area contributed by atoms with Crippen LogP contribution in [0.5, 0.6) is 5.75 Å². The summed E-state index contributed by atoms with van der Waals surface area (Å²) in [5.41, 5.74) is 5.87. The first-order chi connectivity index (χ1) is 8.69. The number of ether oxygens (including phenoxy) is 1. The molecule has 0 aliphatic rings. The van der Waals surface area contributed by atoms with Crippen molar-refractivity contribution in [2.24, 2.45) is 5.84 Å². The molecule has 0 radical (unpaired) electrons. The fourth-order valence-corrected chi connectivity index (χ4v) is 1.86. The molecule has 4 heteroatoms. The van der Waals surface area contributed by atoms with Crippen LogP contribution >= 0.6 is 0 Å². The lowest BCUT2D eigenvalue weighted by Crippen LogP contribution is -2.12. The van der Waals surface area contributed by atoms with Gasteiger partial charge in [-0.2, -0.15) is 0 Å². The van der Waals surface area contributed by atoms with Crippen molar-refractivity contribution in [1.82, 2.24) is 4.98 Å². The Morgan fingerprint density at radius 3 is 2.61 bits per heavy atom. The number of hydrogen-bond acceptors (Lipinski definition) is 4. The first-order valence-corrected chi connectivity index (χ1v) is 5.80. The lowest BCUT2D eigenvalue weighted by molar-refractivity contribution is 0.306. The topological polar surface area (TPSA) is 60.2 Å². The van der Waals surface area contributed by atoms with Gasteiger partial charge in [-0.05, 0) is 43.2 Å². The van der Waals surface area contributed by atoms with Crippen molar-refractivity contribution in [1.29, 1.82) is 0 Å².